The predicted molar refractivity (Wildman–Crippen MR) is 187 cm³/mol. The predicted octanol–water partition coefficient (Wildman–Crippen LogP) is 5.14. The van der Waals surface area contributed by atoms with E-state index in [0.29, 0.717) is 22.7 Å². The third-order valence-corrected chi connectivity index (χ3v) is 10.5. The van der Waals surface area contributed by atoms with Crippen molar-refractivity contribution >= 4 is 37.9 Å². The third kappa shape index (κ3) is 5.75. The largest absolute Gasteiger partial charge is 0.360 e. The summed E-state index contributed by atoms with van der Waals surface area (Å²) in [6.45, 7) is 4.90. The minimum atomic E-state index is -3.93. The fourth-order valence-electron chi connectivity index (χ4n) is 6.23. The van der Waals surface area contributed by atoms with E-state index in [1.807, 2.05) is 26.2 Å². The number of H-pyrrole nitrogens is 1. The van der Waals surface area contributed by atoms with E-state index < -0.39 is 10.0 Å². The van der Waals surface area contributed by atoms with Gasteiger partial charge in [0.1, 0.15) is 0 Å². The summed E-state index contributed by atoms with van der Waals surface area (Å²) >= 11 is 0. The van der Waals surface area contributed by atoms with E-state index in [1.54, 1.807) is 36.5 Å². The first-order chi connectivity index (χ1) is 21.9. The van der Waals surface area contributed by atoms with Gasteiger partial charge >= 0.3 is 0 Å². The second-order valence-corrected chi connectivity index (χ2v) is 14.5. The molecule has 2 atom stereocenters. The molecule has 11 heteroatoms. The van der Waals surface area contributed by atoms with Gasteiger partial charge in [-0.25, -0.2) is 17.4 Å². The molecule has 0 spiro atoms. The Kier molecular flexibility index (Phi) is 8.36. The number of aromatic nitrogens is 4. The lowest BCUT2D eigenvalue weighted by atomic mass is 9.81. The summed E-state index contributed by atoms with van der Waals surface area (Å²) in [7, 11) is 6.37. The van der Waals surface area contributed by atoms with E-state index in [1.165, 1.54) is 3.97 Å². The molecule has 0 saturated heterocycles. The average molecular weight is 639 g/mol. The van der Waals surface area contributed by atoms with Crippen LogP contribution in [0.5, 0.6) is 0 Å². The second-order valence-electron chi connectivity index (χ2n) is 12.6. The van der Waals surface area contributed by atoms with Gasteiger partial charge in [0.25, 0.3) is 10.0 Å². The summed E-state index contributed by atoms with van der Waals surface area (Å²) < 4.78 is 29.1. The molecule has 3 aromatic heterocycles. The van der Waals surface area contributed by atoms with Gasteiger partial charge in [-0.2, -0.15) is 4.98 Å². The van der Waals surface area contributed by atoms with Crippen LogP contribution in [0.25, 0.3) is 33.2 Å². The van der Waals surface area contributed by atoms with Crippen LogP contribution in [0.1, 0.15) is 17.5 Å². The third-order valence-electron chi connectivity index (χ3n) is 8.86. The number of nitrogens with one attached hydrogen (secondary N) is 3. The number of fused-ring (bicyclic) bond motifs is 2. The zero-order valence-corrected chi connectivity index (χ0v) is 28.3. The lowest BCUT2D eigenvalue weighted by Gasteiger charge is -2.43. The zero-order chi connectivity index (χ0) is 32.8. The summed E-state index contributed by atoms with van der Waals surface area (Å²) in [6, 6.07) is 14.9. The maximum atomic E-state index is 13.9. The molecular weight excluding hydrogens is 597 g/mol. The summed E-state index contributed by atoms with van der Waals surface area (Å²) in [6.07, 6.45) is 10.8. The minimum absolute atomic E-state index is 0.0375. The van der Waals surface area contributed by atoms with E-state index in [9.17, 15) is 8.42 Å². The van der Waals surface area contributed by atoms with Gasteiger partial charge in [0.15, 0.2) is 5.65 Å². The number of hydrogen-bond acceptors (Lipinski definition) is 8. The van der Waals surface area contributed by atoms with Crippen LogP contribution in [-0.2, 0) is 10.0 Å². The van der Waals surface area contributed by atoms with E-state index in [2.05, 4.69) is 90.9 Å². The average Bonchev–Trinajstić information content (AvgIpc) is 3.65. The lowest BCUT2D eigenvalue weighted by molar-refractivity contribution is 0.197. The molecule has 240 valence electrons. The monoisotopic (exact) mass is 638 g/mol. The van der Waals surface area contributed by atoms with E-state index in [4.69, 9.17) is 9.97 Å². The Labute approximate surface area is 270 Å². The molecular formula is C35H42N8O2S. The van der Waals surface area contributed by atoms with E-state index in [0.717, 1.165) is 46.3 Å². The number of anilines is 1. The molecule has 0 bridgehead atoms. The Morgan fingerprint density at radius 1 is 0.978 bits per heavy atom. The Bertz CT molecular complexity index is 2070. The number of allylic oxidation sites excluding steroid dienone is 1. The van der Waals surface area contributed by atoms with Crippen LogP contribution < -0.4 is 10.6 Å². The first-order valence-corrected chi connectivity index (χ1v) is 16.8. The van der Waals surface area contributed by atoms with Gasteiger partial charge in [0.2, 0.25) is 5.95 Å². The molecule has 1 aliphatic carbocycles. The summed E-state index contributed by atoms with van der Waals surface area (Å²) in [5.41, 5.74) is 5.44. The summed E-state index contributed by atoms with van der Waals surface area (Å²) in [5.74, 6) is 0.308. The molecule has 0 aliphatic heterocycles. The van der Waals surface area contributed by atoms with Crippen molar-refractivity contribution in [2.75, 3.05) is 47.1 Å². The normalized spacial score (nSPS) is 18.6. The number of benzene rings is 2. The summed E-state index contributed by atoms with van der Waals surface area (Å²) in [4.78, 5) is 17.8. The molecule has 0 fully saturated rings. The second kappa shape index (κ2) is 12.1. The quantitative estimate of drug-likeness (QED) is 0.193. The topological polar surface area (TPSA) is 111 Å². The fraction of sp³-hybridized carbons (Fsp3) is 0.314. The number of rotatable bonds is 10. The smallest absolute Gasteiger partial charge is 0.269 e. The van der Waals surface area contributed by atoms with Crippen LogP contribution in [-0.4, -0.2) is 90.5 Å². The van der Waals surface area contributed by atoms with Crippen LogP contribution in [0.2, 0.25) is 0 Å². The van der Waals surface area contributed by atoms with Gasteiger partial charge in [-0.15, -0.1) is 0 Å². The van der Waals surface area contributed by atoms with E-state index in [-0.39, 0.29) is 16.5 Å². The van der Waals surface area contributed by atoms with Crippen molar-refractivity contribution in [3.8, 4) is 11.3 Å². The molecule has 3 heterocycles. The number of likely N-dealkylation sites (N-methyl/N-ethyl adjacent to an activating group) is 2. The van der Waals surface area contributed by atoms with Crippen LogP contribution in [0.4, 0.5) is 5.95 Å². The SMILES string of the molecule is CNC1(CCN(C)C)C=CC(Nc2nc(-c3c[nH]c4ccc(C)cc34)c3ccn(S(=O)(=O)c4ccc(C)cc4)c3n2)=CC1N(C)C. The van der Waals surface area contributed by atoms with Crippen LogP contribution in [0.3, 0.4) is 0 Å². The van der Waals surface area contributed by atoms with Crippen molar-refractivity contribution in [3.63, 3.8) is 0 Å². The molecule has 0 saturated carbocycles. The van der Waals surface area contributed by atoms with Crippen molar-refractivity contribution in [1.29, 1.82) is 0 Å². The van der Waals surface area contributed by atoms with E-state index >= 15 is 0 Å². The Morgan fingerprint density at radius 3 is 2.41 bits per heavy atom. The Hall–Kier alpha value is -4.29. The first kappa shape index (κ1) is 31.7. The van der Waals surface area contributed by atoms with Gasteiger partial charge in [0, 0.05) is 39.9 Å². The van der Waals surface area contributed by atoms with Crippen molar-refractivity contribution in [2.24, 2.45) is 0 Å². The van der Waals surface area contributed by atoms with Gasteiger partial charge in [-0.3, -0.25) is 0 Å². The van der Waals surface area contributed by atoms with Gasteiger partial charge < -0.3 is 25.4 Å². The molecule has 46 heavy (non-hydrogen) atoms. The molecule has 2 aromatic carbocycles. The zero-order valence-electron chi connectivity index (χ0n) is 27.5. The highest BCUT2D eigenvalue weighted by Gasteiger charge is 2.37. The highest BCUT2D eigenvalue weighted by Crippen LogP contribution is 2.36. The molecule has 2 unspecified atom stereocenters. The maximum absolute atomic E-state index is 13.9. The highest BCUT2D eigenvalue weighted by atomic mass is 32.2. The summed E-state index contributed by atoms with van der Waals surface area (Å²) in [5, 5.41) is 8.64. The van der Waals surface area contributed by atoms with Crippen molar-refractivity contribution in [1.82, 2.24) is 34.0 Å². The van der Waals surface area contributed by atoms with Crippen LogP contribution in [0, 0.1) is 13.8 Å². The molecule has 5 aromatic rings. The minimum Gasteiger partial charge on any atom is -0.360 e. The number of hydrogen-bond donors (Lipinski definition) is 3. The van der Waals surface area contributed by atoms with Crippen molar-refractivity contribution < 1.29 is 8.42 Å². The first-order valence-electron chi connectivity index (χ1n) is 15.4. The van der Waals surface area contributed by atoms with Crippen molar-refractivity contribution in [2.45, 2.75) is 36.7 Å². The molecule has 6 rings (SSSR count). The number of nitrogens with zero attached hydrogens (tertiary/aromatic N) is 5. The lowest BCUT2D eigenvalue weighted by Crippen LogP contribution is -2.58. The van der Waals surface area contributed by atoms with Gasteiger partial charge in [0.05, 0.1) is 22.2 Å². The van der Waals surface area contributed by atoms with Crippen LogP contribution in [0.15, 0.2) is 89.7 Å². The molecule has 3 N–H and O–H groups in total. The van der Waals surface area contributed by atoms with Crippen molar-refractivity contribution in [3.05, 3.63) is 96.0 Å². The highest BCUT2D eigenvalue weighted by molar-refractivity contribution is 7.90. The molecule has 0 radical (unpaired) electrons. The fourth-order valence-corrected chi connectivity index (χ4v) is 7.53. The van der Waals surface area contributed by atoms with Gasteiger partial charge in [-0.05, 0) is 105 Å². The molecule has 10 nitrogen and oxygen atoms in total. The molecule has 1 aliphatic rings. The number of aromatic amines is 1. The Morgan fingerprint density at radius 2 is 1.72 bits per heavy atom. The number of aryl methyl sites for hydroxylation is 2. The molecule has 0 amide bonds. The maximum Gasteiger partial charge on any atom is 0.269 e. The standard InChI is InChI=1S/C35H42N8O2S/c1-23-8-11-26(12-9-23)46(44,45)43-18-15-27-32(29-22-37-30-13-10-24(2)20-28(29)30)39-34(40-33(27)43)38-25-14-16-35(36-3,17-19-41(4)5)31(21-25)42(6)7/h8-16,18,20-22,31,36-37H,17,19H2,1-7H3,(H,38,39,40). The van der Waals surface area contributed by atoms with Crippen LogP contribution >= 0.6 is 0 Å². The van der Waals surface area contributed by atoms with Gasteiger partial charge in [-0.1, -0.05) is 35.4 Å². The Balaban J connectivity index is 1.49.